The molecule has 9 heteroatoms. The number of nitrogens with two attached hydrogens (primary N) is 1. The summed E-state index contributed by atoms with van der Waals surface area (Å²) in [6.07, 6.45) is -5.39. The highest BCUT2D eigenvalue weighted by Gasteiger charge is 2.22. The van der Waals surface area contributed by atoms with Gasteiger partial charge in [0.05, 0.1) is 29.2 Å². The van der Waals surface area contributed by atoms with Gasteiger partial charge in [0, 0.05) is 46.3 Å². The number of aromatic nitrogens is 2. The Balaban J connectivity index is 2.03. The van der Waals surface area contributed by atoms with Gasteiger partial charge in [0.15, 0.2) is 11.5 Å². The predicted octanol–water partition coefficient (Wildman–Crippen LogP) is 1.35. The first-order valence-corrected chi connectivity index (χ1v) is 8.10. The molecule has 0 radical (unpaired) electrons. The molecule has 0 spiro atoms. The standard InChI is InChI=1S/C19H27N5O4/c1-24(8-5-7-21-18(25)14-6-4-9-28-14)19-22-13-11-16(27-3)15(26-2)10-12(13)17(20)23-19/h10-11,14H,4-9H2,1-3H3,(H,21,25)(H2,20,22,23)/i2D3,3D3,5D2,7D2,8D2,14D. The first-order valence-electron chi connectivity index (χ1n) is 14.6. The molecule has 0 saturated carbocycles. The lowest BCUT2D eigenvalue weighted by Gasteiger charge is -2.19. The molecule has 1 amide bonds. The molecular weight excluding hydrogens is 362 g/mol. The monoisotopic (exact) mass is 402 g/mol. The van der Waals surface area contributed by atoms with Crippen molar-refractivity contribution in [2.45, 2.75) is 25.3 Å². The third-order valence-electron chi connectivity index (χ3n) is 3.84. The Morgan fingerprint density at radius 1 is 1.46 bits per heavy atom. The van der Waals surface area contributed by atoms with Crippen LogP contribution in [0.2, 0.25) is 0 Å². The third kappa shape index (κ3) is 4.36. The Hall–Kier alpha value is -2.81. The number of hydrogen-bond acceptors (Lipinski definition) is 8. The molecule has 152 valence electrons. The molecule has 2 aromatic rings. The summed E-state index contributed by atoms with van der Waals surface area (Å²) in [5, 5.41) is 1.68. The molecule has 3 rings (SSSR count). The fourth-order valence-electron chi connectivity index (χ4n) is 2.46. The van der Waals surface area contributed by atoms with Crippen molar-refractivity contribution in [2.24, 2.45) is 0 Å². The Labute approximate surface area is 182 Å². The number of benzene rings is 1. The van der Waals surface area contributed by atoms with Crippen LogP contribution in [0, 0.1) is 0 Å². The molecule has 9 nitrogen and oxygen atoms in total. The molecule has 1 unspecified atom stereocenters. The number of nitrogens with zero attached hydrogens (tertiary/aromatic N) is 3. The summed E-state index contributed by atoms with van der Waals surface area (Å²) in [7, 11) is -5.06. The van der Waals surface area contributed by atoms with E-state index in [1.165, 1.54) is 0 Å². The van der Waals surface area contributed by atoms with E-state index in [1.54, 1.807) is 5.32 Å². The van der Waals surface area contributed by atoms with Crippen LogP contribution in [0.25, 0.3) is 10.9 Å². The minimum absolute atomic E-state index is 0.0530. The lowest BCUT2D eigenvalue weighted by atomic mass is 10.2. The second-order valence-electron chi connectivity index (χ2n) is 5.68. The van der Waals surface area contributed by atoms with Gasteiger partial charge in [0.25, 0.3) is 0 Å². The number of nitrogen functional groups attached to an aromatic ring is 1. The van der Waals surface area contributed by atoms with E-state index < -0.39 is 62.9 Å². The Kier molecular flexibility index (Phi) is 2.91. The van der Waals surface area contributed by atoms with Crippen molar-refractivity contribution >= 4 is 28.6 Å². The van der Waals surface area contributed by atoms with Gasteiger partial charge >= 0.3 is 0 Å². The first-order chi connectivity index (χ1) is 18.4. The fraction of sp³-hybridized carbons (Fsp3) is 0.526. The van der Waals surface area contributed by atoms with Crippen LogP contribution in [0.3, 0.4) is 0 Å². The molecule has 1 aromatic heterocycles. The first kappa shape index (κ1) is 9.13. The van der Waals surface area contributed by atoms with Crippen molar-refractivity contribution in [1.82, 2.24) is 15.3 Å². The summed E-state index contributed by atoms with van der Waals surface area (Å²) in [5.74, 6) is -3.36. The van der Waals surface area contributed by atoms with Crippen LogP contribution < -0.4 is 25.4 Å². The number of ether oxygens (including phenoxy) is 3. The van der Waals surface area contributed by atoms with Gasteiger partial charge in [-0.2, -0.15) is 4.98 Å². The van der Waals surface area contributed by atoms with Crippen molar-refractivity contribution in [3.05, 3.63) is 12.1 Å². The van der Waals surface area contributed by atoms with Crippen LogP contribution in [0.15, 0.2) is 12.1 Å². The summed E-state index contributed by atoms with van der Waals surface area (Å²) in [6.45, 7) is -6.61. The Morgan fingerprint density at radius 3 is 2.96 bits per heavy atom. The van der Waals surface area contributed by atoms with Gasteiger partial charge in [0.1, 0.15) is 11.9 Å². The number of hydrogen-bond donors (Lipinski definition) is 2. The van der Waals surface area contributed by atoms with E-state index in [2.05, 4.69) is 9.97 Å². The maximum Gasteiger partial charge on any atom is 0.249 e. The molecular formula is C19H27N5O4. The minimum Gasteiger partial charge on any atom is -0.493 e. The summed E-state index contributed by atoms with van der Waals surface area (Å²) in [4.78, 5) is 21.0. The second kappa shape index (κ2) is 8.92. The van der Waals surface area contributed by atoms with Crippen LogP contribution >= 0.6 is 0 Å². The number of methoxy groups -OCH3 is 2. The minimum atomic E-state index is -3.51. The molecule has 1 saturated heterocycles. The molecule has 1 fully saturated rings. The molecule has 1 atom stereocenters. The number of nitrogens with one attached hydrogen (secondary N) is 1. The van der Waals surface area contributed by atoms with Crippen molar-refractivity contribution in [3.63, 3.8) is 0 Å². The zero-order valence-corrected chi connectivity index (χ0v) is 14.8. The van der Waals surface area contributed by atoms with E-state index >= 15 is 0 Å². The summed E-state index contributed by atoms with van der Waals surface area (Å²) < 4.78 is 117. The van der Waals surface area contributed by atoms with Crippen molar-refractivity contribution in [1.29, 1.82) is 0 Å². The smallest absolute Gasteiger partial charge is 0.249 e. The quantitative estimate of drug-likeness (QED) is 0.681. The van der Waals surface area contributed by atoms with E-state index in [9.17, 15) is 4.79 Å². The average Bonchev–Trinajstić information content (AvgIpc) is 3.24. The lowest BCUT2D eigenvalue weighted by Crippen LogP contribution is -2.36. The molecule has 2 heterocycles. The molecule has 0 aliphatic carbocycles. The molecule has 1 aromatic carbocycles. The van der Waals surface area contributed by atoms with Gasteiger partial charge in [-0.05, 0) is 25.3 Å². The fourth-order valence-corrected chi connectivity index (χ4v) is 2.46. The summed E-state index contributed by atoms with van der Waals surface area (Å²) >= 11 is 0. The number of amides is 1. The van der Waals surface area contributed by atoms with Crippen LogP contribution in [0.5, 0.6) is 11.5 Å². The van der Waals surface area contributed by atoms with Gasteiger partial charge in [-0.3, -0.25) is 4.79 Å². The van der Waals surface area contributed by atoms with Crippen LogP contribution in [0.1, 0.15) is 37.0 Å². The van der Waals surface area contributed by atoms with Crippen LogP contribution in [0.4, 0.5) is 11.8 Å². The highest BCUT2D eigenvalue weighted by atomic mass is 16.5. The van der Waals surface area contributed by atoms with Crippen LogP contribution in [-0.2, 0) is 9.53 Å². The van der Waals surface area contributed by atoms with Crippen molar-refractivity contribution in [3.8, 4) is 11.5 Å². The second-order valence-corrected chi connectivity index (χ2v) is 5.68. The molecule has 3 N–H and O–H groups in total. The predicted molar refractivity (Wildman–Crippen MR) is 107 cm³/mol. The maximum atomic E-state index is 12.5. The van der Waals surface area contributed by atoms with Crippen LogP contribution in [-0.4, -0.2) is 62.7 Å². The molecule has 0 bridgehead atoms. The Morgan fingerprint density at radius 2 is 2.25 bits per heavy atom. The van der Waals surface area contributed by atoms with Crippen molar-refractivity contribution in [2.75, 3.05) is 51.4 Å². The topological polar surface area (TPSA) is 112 Å². The van der Waals surface area contributed by atoms with Crippen molar-refractivity contribution < 1.29 is 36.8 Å². The van der Waals surface area contributed by atoms with Gasteiger partial charge in [-0.25, -0.2) is 4.98 Å². The van der Waals surface area contributed by atoms with E-state index in [4.69, 9.17) is 37.8 Å². The van der Waals surface area contributed by atoms with Gasteiger partial charge in [-0.1, -0.05) is 0 Å². The Bertz CT molecular complexity index is 1310. The summed E-state index contributed by atoms with van der Waals surface area (Å²) in [5.41, 5.74) is 5.80. The van der Waals surface area contributed by atoms with E-state index in [-0.39, 0.29) is 29.7 Å². The number of carbonyl (C=O) groups excluding carboxylic acids is 1. The highest BCUT2D eigenvalue weighted by molar-refractivity contribution is 5.91. The molecule has 1 aliphatic rings. The maximum absolute atomic E-state index is 12.5. The average molecular weight is 403 g/mol. The molecule has 1 aliphatic heterocycles. The van der Waals surface area contributed by atoms with E-state index in [0.717, 1.165) is 19.2 Å². The zero-order valence-electron chi connectivity index (χ0n) is 27.8. The van der Waals surface area contributed by atoms with Gasteiger partial charge in [0.2, 0.25) is 11.9 Å². The molecule has 28 heavy (non-hydrogen) atoms. The lowest BCUT2D eigenvalue weighted by molar-refractivity contribution is -0.130. The number of carbonyl (C=O) groups is 1. The van der Waals surface area contributed by atoms with Gasteiger partial charge in [-0.15, -0.1) is 0 Å². The largest absolute Gasteiger partial charge is 0.493 e. The SMILES string of the molecule is [2H]C([2H])([2H])Oc1cc2nc(N(C)C([2H])([2H])C([2H])([2H])C([2H])([2H])NC(=O)C3([2H])CCCO3)nc(N)c2cc1OC([2H])([2H])[2H]. The summed E-state index contributed by atoms with van der Waals surface area (Å²) in [6, 6.07) is 1.96. The highest BCUT2D eigenvalue weighted by Crippen LogP contribution is 2.33. The van der Waals surface area contributed by atoms with Gasteiger partial charge < -0.3 is 30.2 Å². The number of rotatable bonds is 8. The number of anilines is 2. The van der Waals surface area contributed by atoms with E-state index in [1.807, 2.05) is 0 Å². The van der Waals surface area contributed by atoms with E-state index in [0.29, 0.717) is 11.3 Å². The zero-order chi connectivity index (χ0) is 31.4. The number of fused-ring (bicyclic) bond motifs is 1. The third-order valence-corrected chi connectivity index (χ3v) is 3.84. The normalized spacial score (nSPS) is 28.1.